The molecule has 1 aliphatic rings. The highest BCUT2D eigenvalue weighted by atomic mass is 16.5. The number of nitrogens with zero attached hydrogens (tertiary/aromatic N) is 1. The Bertz CT molecular complexity index is 43.5. The highest BCUT2D eigenvalue weighted by Gasteiger charge is 2.19. The van der Waals surface area contributed by atoms with Crippen molar-refractivity contribution in [1.82, 2.24) is 5.06 Å². The molecule has 1 fully saturated rings. The molecular formula is C4H9NO. The Morgan fingerprint density at radius 3 is 2.17 bits per heavy atom. The van der Waals surface area contributed by atoms with E-state index < -0.39 is 0 Å². The minimum atomic E-state index is 0.718. The van der Waals surface area contributed by atoms with Crippen molar-refractivity contribution in [2.75, 3.05) is 13.1 Å². The lowest BCUT2D eigenvalue weighted by Crippen LogP contribution is -2.42. The third-order valence-corrected chi connectivity index (χ3v) is 1.04. The summed E-state index contributed by atoms with van der Waals surface area (Å²) in [7, 11) is 0. The fourth-order valence-corrected chi connectivity index (χ4v) is 0.666. The maximum Gasteiger partial charge on any atom is 0.0277 e. The highest BCUT2D eigenvalue weighted by molar-refractivity contribution is 4.67. The largest absolute Gasteiger partial charge is 0.314 e. The molecule has 0 atom stereocenters. The van der Waals surface area contributed by atoms with Crippen molar-refractivity contribution < 1.29 is 5.21 Å². The average Bonchev–Trinajstić information content (AvgIpc) is 1.33. The summed E-state index contributed by atoms with van der Waals surface area (Å²) >= 11 is 0. The first-order chi connectivity index (χ1) is 2.79. The summed E-state index contributed by atoms with van der Waals surface area (Å²) in [6.45, 7) is 3.84. The number of hydrogen-bond acceptors (Lipinski definition) is 2. The summed E-state index contributed by atoms with van der Waals surface area (Å²) in [6, 6.07) is 0. The van der Waals surface area contributed by atoms with Gasteiger partial charge in [-0.2, -0.15) is 5.06 Å². The van der Waals surface area contributed by atoms with Gasteiger partial charge in [-0.1, -0.05) is 6.92 Å². The smallest absolute Gasteiger partial charge is 0.0277 e. The van der Waals surface area contributed by atoms with Crippen LogP contribution < -0.4 is 0 Å². The standard InChI is InChI=1S/C4H9NO/c1-4-2-5(6)3-4/h4,6H,2-3H2,1H3. The van der Waals surface area contributed by atoms with Gasteiger partial charge in [0.1, 0.15) is 0 Å². The van der Waals surface area contributed by atoms with E-state index in [0.29, 0.717) is 0 Å². The Balaban J connectivity index is 2.11. The summed E-state index contributed by atoms with van der Waals surface area (Å²) in [5, 5.41) is 9.78. The van der Waals surface area contributed by atoms with E-state index in [0.717, 1.165) is 19.0 Å². The van der Waals surface area contributed by atoms with Gasteiger partial charge in [-0.3, -0.25) is 0 Å². The van der Waals surface area contributed by atoms with E-state index in [1.54, 1.807) is 0 Å². The summed E-state index contributed by atoms with van der Waals surface area (Å²) in [5.74, 6) is 0.718. The minimum Gasteiger partial charge on any atom is -0.314 e. The zero-order valence-corrected chi connectivity index (χ0v) is 3.89. The molecule has 0 aromatic carbocycles. The van der Waals surface area contributed by atoms with Crippen LogP contribution in [0.3, 0.4) is 0 Å². The molecule has 1 N–H and O–H groups in total. The van der Waals surface area contributed by atoms with Crippen LogP contribution in [0.5, 0.6) is 0 Å². The van der Waals surface area contributed by atoms with Gasteiger partial charge in [0, 0.05) is 13.1 Å². The van der Waals surface area contributed by atoms with E-state index in [4.69, 9.17) is 5.21 Å². The zero-order chi connectivity index (χ0) is 4.57. The van der Waals surface area contributed by atoms with Crippen molar-refractivity contribution >= 4 is 0 Å². The first-order valence-electron chi connectivity index (χ1n) is 2.23. The second kappa shape index (κ2) is 1.21. The van der Waals surface area contributed by atoms with Crippen LogP contribution in [-0.4, -0.2) is 23.4 Å². The van der Waals surface area contributed by atoms with E-state index in [1.807, 2.05) is 0 Å². The second-order valence-electron chi connectivity index (χ2n) is 1.98. The molecule has 0 aliphatic carbocycles. The van der Waals surface area contributed by atoms with Gasteiger partial charge in [0.25, 0.3) is 0 Å². The lowest BCUT2D eigenvalue weighted by atomic mass is 10.1. The third-order valence-electron chi connectivity index (χ3n) is 1.04. The number of hydroxylamine groups is 2. The van der Waals surface area contributed by atoms with Crippen molar-refractivity contribution in [3.63, 3.8) is 0 Å². The highest BCUT2D eigenvalue weighted by Crippen LogP contribution is 2.09. The van der Waals surface area contributed by atoms with Gasteiger partial charge >= 0.3 is 0 Å². The summed E-state index contributed by atoms with van der Waals surface area (Å²) < 4.78 is 0. The van der Waals surface area contributed by atoms with Gasteiger partial charge in [-0.15, -0.1) is 0 Å². The normalized spacial score (nSPS) is 27.0. The Kier molecular flexibility index (Phi) is 0.821. The predicted octanol–water partition coefficient (Wildman–Crippen LogP) is 0.327. The molecule has 6 heavy (non-hydrogen) atoms. The van der Waals surface area contributed by atoms with E-state index in [2.05, 4.69) is 6.92 Å². The van der Waals surface area contributed by atoms with E-state index in [1.165, 1.54) is 5.06 Å². The first-order valence-corrected chi connectivity index (χ1v) is 2.23. The molecule has 0 amide bonds. The summed E-state index contributed by atoms with van der Waals surface area (Å²) in [6.07, 6.45) is 0. The van der Waals surface area contributed by atoms with Gasteiger partial charge in [0.15, 0.2) is 0 Å². The van der Waals surface area contributed by atoms with Crippen molar-refractivity contribution in [2.45, 2.75) is 6.92 Å². The monoisotopic (exact) mass is 87.1 g/mol. The molecule has 1 heterocycles. The topological polar surface area (TPSA) is 23.5 Å². The van der Waals surface area contributed by atoms with Crippen LogP contribution in [-0.2, 0) is 0 Å². The molecule has 2 heteroatoms. The summed E-state index contributed by atoms with van der Waals surface area (Å²) in [5.41, 5.74) is 0. The van der Waals surface area contributed by atoms with Crippen LogP contribution in [0.4, 0.5) is 0 Å². The molecule has 0 unspecified atom stereocenters. The van der Waals surface area contributed by atoms with E-state index in [-0.39, 0.29) is 0 Å². The van der Waals surface area contributed by atoms with Crippen molar-refractivity contribution in [3.05, 3.63) is 0 Å². The average molecular weight is 87.1 g/mol. The second-order valence-corrected chi connectivity index (χ2v) is 1.98. The zero-order valence-electron chi connectivity index (χ0n) is 3.89. The minimum absolute atomic E-state index is 0.718. The lowest BCUT2D eigenvalue weighted by Gasteiger charge is -2.30. The van der Waals surface area contributed by atoms with Gasteiger partial charge in [-0.25, -0.2) is 0 Å². The number of rotatable bonds is 0. The van der Waals surface area contributed by atoms with Gasteiger partial charge in [-0.05, 0) is 5.92 Å². The van der Waals surface area contributed by atoms with Gasteiger partial charge in [0.2, 0.25) is 0 Å². The number of hydrogen-bond donors (Lipinski definition) is 1. The molecule has 1 saturated heterocycles. The van der Waals surface area contributed by atoms with E-state index >= 15 is 0 Å². The molecule has 0 aromatic heterocycles. The fraction of sp³-hybridized carbons (Fsp3) is 1.00. The Morgan fingerprint density at radius 2 is 2.17 bits per heavy atom. The Hall–Kier alpha value is -0.0800. The van der Waals surface area contributed by atoms with Gasteiger partial charge in [0.05, 0.1) is 0 Å². The van der Waals surface area contributed by atoms with Crippen LogP contribution in [0, 0.1) is 5.92 Å². The van der Waals surface area contributed by atoms with Crippen LogP contribution in [0.1, 0.15) is 6.92 Å². The fourth-order valence-electron chi connectivity index (χ4n) is 0.666. The Labute approximate surface area is 37.3 Å². The molecule has 36 valence electrons. The van der Waals surface area contributed by atoms with Crippen molar-refractivity contribution in [3.8, 4) is 0 Å². The quantitative estimate of drug-likeness (QED) is 0.460. The SMILES string of the molecule is CC1CN(O)C1. The first kappa shape index (κ1) is 4.09. The molecule has 0 bridgehead atoms. The van der Waals surface area contributed by atoms with Crippen molar-refractivity contribution in [1.29, 1.82) is 0 Å². The molecule has 0 radical (unpaired) electrons. The predicted molar refractivity (Wildman–Crippen MR) is 22.5 cm³/mol. The molecule has 1 rings (SSSR count). The lowest BCUT2D eigenvalue weighted by molar-refractivity contribution is -0.163. The van der Waals surface area contributed by atoms with E-state index in [9.17, 15) is 0 Å². The molecule has 0 spiro atoms. The van der Waals surface area contributed by atoms with Gasteiger partial charge < -0.3 is 5.21 Å². The Morgan fingerprint density at radius 1 is 1.67 bits per heavy atom. The van der Waals surface area contributed by atoms with Crippen LogP contribution in [0.15, 0.2) is 0 Å². The molecule has 0 saturated carbocycles. The van der Waals surface area contributed by atoms with Crippen LogP contribution >= 0.6 is 0 Å². The molecule has 1 aliphatic heterocycles. The van der Waals surface area contributed by atoms with Crippen LogP contribution in [0.2, 0.25) is 0 Å². The van der Waals surface area contributed by atoms with Crippen LogP contribution in [0.25, 0.3) is 0 Å². The molecular weight excluding hydrogens is 78.0 g/mol. The molecule has 2 nitrogen and oxygen atoms in total. The third kappa shape index (κ3) is 0.533. The maximum absolute atomic E-state index is 8.45. The van der Waals surface area contributed by atoms with Crippen molar-refractivity contribution in [2.24, 2.45) is 5.92 Å². The summed E-state index contributed by atoms with van der Waals surface area (Å²) in [4.78, 5) is 0. The molecule has 0 aromatic rings. The maximum atomic E-state index is 8.45.